The van der Waals surface area contributed by atoms with E-state index in [-0.39, 0.29) is 18.0 Å². The van der Waals surface area contributed by atoms with Crippen LogP contribution in [0, 0.1) is 11.3 Å². The average molecular weight is 310 g/mol. The summed E-state index contributed by atoms with van der Waals surface area (Å²) < 4.78 is 1.81. The molecule has 22 heavy (non-hydrogen) atoms. The summed E-state index contributed by atoms with van der Waals surface area (Å²) in [4.78, 5) is 28.3. The molecular weight excluding hydrogens is 300 g/mol. The lowest BCUT2D eigenvalue weighted by atomic mass is 10.2. The lowest BCUT2D eigenvalue weighted by Crippen LogP contribution is -2.27. The molecule has 1 aromatic carbocycles. The largest absolute Gasteiger partial charge is 0.325 e. The Morgan fingerprint density at radius 1 is 1.32 bits per heavy atom. The smallest absolute Gasteiger partial charge is 0.271 e. The molecule has 0 bridgehead atoms. The Balaban J connectivity index is 1.76. The molecule has 0 saturated heterocycles. The normalized spacial score (nSPS) is 10.3. The molecule has 6 nitrogen and oxygen atoms in total. The number of amides is 1. The maximum Gasteiger partial charge on any atom is 0.271 e. The minimum Gasteiger partial charge on any atom is -0.325 e. The Kier molecular flexibility index (Phi) is 3.68. The van der Waals surface area contributed by atoms with E-state index < -0.39 is 0 Å². The standard InChI is InChI=1S/C15H10N4O2S/c16-7-10-1-3-11(4-2-10)18-13(20)8-19-9-17-12-5-6-22-14(12)15(19)21/h1-6,9H,8H2,(H,18,20). The number of hydrogen-bond donors (Lipinski definition) is 1. The number of hydrogen-bond acceptors (Lipinski definition) is 5. The number of aromatic nitrogens is 2. The van der Waals surface area contributed by atoms with E-state index in [0.717, 1.165) is 0 Å². The number of nitrogens with one attached hydrogen (secondary N) is 1. The van der Waals surface area contributed by atoms with Crippen LogP contribution in [-0.2, 0) is 11.3 Å². The highest BCUT2D eigenvalue weighted by atomic mass is 32.1. The lowest BCUT2D eigenvalue weighted by Gasteiger charge is -2.07. The summed E-state index contributed by atoms with van der Waals surface area (Å²) in [7, 11) is 0. The molecule has 0 aliphatic heterocycles. The molecule has 7 heteroatoms. The van der Waals surface area contributed by atoms with Gasteiger partial charge in [0.05, 0.1) is 23.5 Å². The van der Waals surface area contributed by atoms with Crippen molar-refractivity contribution in [1.82, 2.24) is 9.55 Å². The van der Waals surface area contributed by atoms with Crippen LogP contribution in [0.25, 0.3) is 10.2 Å². The molecule has 1 N–H and O–H groups in total. The van der Waals surface area contributed by atoms with Gasteiger partial charge >= 0.3 is 0 Å². The number of nitriles is 1. The Hall–Kier alpha value is -2.98. The fourth-order valence-corrected chi connectivity index (χ4v) is 2.77. The third-order valence-electron chi connectivity index (χ3n) is 3.05. The van der Waals surface area contributed by atoms with Crippen LogP contribution in [0.2, 0.25) is 0 Å². The predicted octanol–water partition coefficient (Wildman–Crippen LogP) is 1.97. The van der Waals surface area contributed by atoms with Gasteiger partial charge < -0.3 is 5.32 Å². The Morgan fingerprint density at radius 2 is 2.09 bits per heavy atom. The molecule has 0 unspecified atom stereocenters. The van der Waals surface area contributed by atoms with Gasteiger partial charge in [-0.1, -0.05) is 0 Å². The monoisotopic (exact) mass is 310 g/mol. The molecule has 2 heterocycles. The summed E-state index contributed by atoms with van der Waals surface area (Å²) in [6.07, 6.45) is 1.37. The average Bonchev–Trinajstić information content (AvgIpc) is 3.00. The maximum atomic E-state index is 12.2. The van der Waals surface area contributed by atoms with Gasteiger partial charge in [0.15, 0.2) is 0 Å². The molecule has 0 spiro atoms. The predicted molar refractivity (Wildman–Crippen MR) is 83.7 cm³/mol. The second-order valence-electron chi connectivity index (χ2n) is 4.55. The van der Waals surface area contributed by atoms with Gasteiger partial charge in [0, 0.05) is 5.69 Å². The molecule has 108 valence electrons. The van der Waals surface area contributed by atoms with Crippen LogP contribution in [-0.4, -0.2) is 15.5 Å². The summed E-state index contributed by atoms with van der Waals surface area (Å²) in [5.41, 5.74) is 1.50. The molecule has 0 fully saturated rings. The summed E-state index contributed by atoms with van der Waals surface area (Å²) >= 11 is 1.31. The van der Waals surface area contributed by atoms with Crippen LogP contribution in [0.1, 0.15) is 5.56 Å². The van der Waals surface area contributed by atoms with Crippen LogP contribution in [0.5, 0.6) is 0 Å². The van der Waals surface area contributed by atoms with E-state index in [2.05, 4.69) is 10.3 Å². The second kappa shape index (κ2) is 5.79. The fourth-order valence-electron chi connectivity index (χ4n) is 1.97. The zero-order chi connectivity index (χ0) is 15.5. The molecular formula is C15H10N4O2S. The first kappa shape index (κ1) is 14.0. The molecule has 3 rings (SSSR count). The van der Waals surface area contributed by atoms with Gasteiger partial charge in [-0.25, -0.2) is 4.98 Å². The van der Waals surface area contributed by atoms with E-state index >= 15 is 0 Å². The van der Waals surface area contributed by atoms with Crippen LogP contribution >= 0.6 is 11.3 Å². The summed E-state index contributed by atoms with van der Waals surface area (Å²) in [5.74, 6) is -0.329. The summed E-state index contributed by atoms with van der Waals surface area (Å²) in [5, 5.41) is 13.2. The molecule has 3 aromatic rings. The van der Waals surface area contributed by atoms with Crippen molar-refractivity contribution in [3.8, 4) is 6.07 Å². The quantitative estimate of drug-likeness (QED) is 0.801. The van der Waals surface area contributed by atoms with Crippen molar-refractivity contribution in [2.24, 2.45) is 0 Å². The summed E-state index contributed by atoms with van der Waals surface area (Å²) in [6, 6.07) is 10.3. The van der Waals surface area contributed by atoms with E-state index in [0.29, 0.717) is 21.5 Å². The first-order chi connectivity index (χ1) is 10.7. The van der Waals surface area contributed by atoms with Crippen molar-refractivity contribution in [2.45, 2.75) is 6.54 Å². The number of fused-ring (bicyclic) bond motifs is 1. The second-order valence-corrected chi connectivity index (χ2v) is 5.47. The van der Waals surface area contributed by atoms with Gasteiger partial charge in [0.2, 0.25) is 5.91 Å². The van der Waals surface area contributed by atoms with Crippen molar-refractivity contribution in [1.29, 1.82) is 5.26 Å². The van der Waals surface area contributed by atoms with Gasteiger partial charge in [0.1, 0.15) is 11.2 Å². The SMILES string of the molecule is N#Cc1ccc(NC(=O)Cn2cnc3ccsc3c2=O)cc1. The third-order valence-corrected chi connectivity index (χ3v) is 3.94. The molecule has 0 radical (unpaired) electrons. The van der Waals surface area contributed by atoms with Crippen LogP contribution in [0.15, 0.2) is 46.8 Å². The molecule has 0 saturated carbocycles. The zero-order valence-electron chi connectivity index (χ0n) is 11.3. The molecule has 0 atom stereocenters. The molecule has 2 aromatic heterocycles. The number of carbonyl (C=O) groups is 1. The van der Waals surface area contributed by atoms with Crippen molar-refractivity contribution in [3.05, 3.63) is 58.0 Å². The highest BCUT2D eigenvalue weighted by Crippen LogP contribution is 2.13. The number of carbonyl (C=O) groups excluding carboxylic acids is 1. The maximum absolute atomic E-state index is 12.2. The highest BCUT2D eigenvalue weighted by Gasteiger charge is 2.09. The van der Waals surface area contributed by atoms with E-state index in [9.17, 15) is 9.59 Å². The number of thiophene rings is 1. The van der Waals surface area contributed by atoms with Gasteiger partial charge in [-0.05, 0) is 35.7 Å². The Labute approximate surface area is 129 Å². The van der Waals surface area contributed by atoms with Gasteiger partial charge in [-0.3, -0.25) is 14.2 Å². The molecule has 1 amide bonds. The van der Waals surface area contributed by atoms with Crippen molar-refractivity contribution in [3.63, 3.8) is 0 Å². The van der Waals surface area contributed by atoms with Crippen LogP contribution in [0.4, 0.5) is 5.69 Å². The lowest BCUT2D eigenvalue weighted by molar-refractivity contribution is -0.116. The zero-order valence-corrected chi connectivity index (χ0v) is 12.1. The van der Waals surface area contributed by atoms with Gasteiger partial charge in [0.25, 0.3) is 5.56 Å². The van der Waals surface area contributed by atoms with Crippen molar-refractivity contribution in [2.75, 3.05) is 5.32 Å². The van der Waals surface area contributed by atoms with E-state index in [1.807, 2.05) is 6.07 Å². The number of nitrogens with zero attached hydrogens (tertiary/aromatic N) is 3. The third kappa shape index (κ3) is 2.73. The van der Waals surface area contributed by atoms with E-state index in [1.165, 1.54) is 22.2 Å². The van der Waals surface area contributed by atoms with E-state index in [1.54, 1.807) is 35.7 Å². The Morgan fingerprint density at radius 3 is 2.82 bits per heavy atom. The minimum absolute atomic E-state index is 0.111. The topological polar surface area (TPSA) is 87.8 Å². The number of anilines is 1. The first-order valence-electron chi connectivity index (χ1n) is 6.40. The molecule has 0 aliphatic carbocycles. The Bertz CT molecular complexity index is 935. The highest BCUT2D eigenvalue weighted by molar-refractivity contribution is 7.17. The number of benzene rings is 1. The van der Waals surface area contributed by atoms with Crippen LogP contribution < -0.4 is 10.9 Å². The minimum atomic E-state index is -0.329. The van der Waals surface area contributed by atoms with E-state index in [4.69, 9.17) is 5.26 Å². The van der Waals surface area contributed by atoms with Gasteiger partial charge in [-0.15, -0.1) is 11.3 Å². The number of rotatable bonds is 3. The van der Waals surface area contributed by atoms with Crippen molar-refractivity contribution >= 4 is 33.1 Å². The fraction of sp³-hybridized carbons (Fsp3) is 0.0667. The van der Waals surface area contributed by atoms with Crippen LogP contribution in [0.3, 0.4) is 0 Å². The summed E-state index contributed by atoms with van der Waals surface area (Å²) in [6.45, 7) is -0.111. The van der Waals surface area contributed by atoms with Crippen molar-refractivity contribution < 1.29 is 4.79 Å². The van der Waals surface area contributed by atoms with Gasteiger partial charge in [-0.2, -0.15) is 5.26 Å². The molecule has 0 aliphatic rings. The first-order valence-corrected chi connectivity index (χ1v) is 7.28.